The van der Waals surface area contributed by atoms with Gasteiger partial charge in [0.15, 0.2) is 0 Å². The van der Waals surface area contributed by atoms with E-state index in [-0.39, 0.29) is 11.3 Å². The first kappa shape index (κ1) is 13.2. The highest BCUT2D eigenvalue weighted by atomic mass is 35.5. The molecule has 4 heteroatoms. The molecule has 0 aliphatic rings. The normalized spacial score (nSPS) is 14.5. The molecule has 0 aromatic carbocycles. The molecule has 1 aromatic rings. The molecule has 0 bridgehead atoms. The lowest BCUT2D eigenvalue weighted by molar-refractivity contribution is 0.303. The van der Waals surface area contributed by atoms with Crippen molar-refractivity contribution < 1.29 is 4.74 Å². The molecule has 3 nitrogen and oxygen atoms in total. The second-order valence-corrected chi connectivity index (χ2v) is 4.51. The van der Waals surface area contributed by atoms with Gasteiger partial charge in [-0.3, -0.25) is 0 Å². The Balaban J connectivity index is 2.79. The summed E-state index contributed by atoms with van der Waals surface area (Å²) in [5.74, 6) is 0.899. The van der Waals surface area contributed by atoms with Gasteiger partial charge in [0, 0.05) is 17.4 Å². The van der Waals surface area contributed by atoms with Crippen molar-refractivity contribution in [1.29, 1.82) is 0 Å². The Morgan fingerprint density at radius 2 is 2.12 bits per heavy atom. The molecule has 2 unspecified atom stereocenters. The monoisotopic (exact) mass is 242 g/mol. The number of nitrogens with zero attached hydrogens (tertiary/aromatic N) is 2. The van der Waals surface area contributed by atoms with Gasteiger partial charge in [-0.2, -0.15) is 0 Å². The van der Waals surface area contributed by atoms with Crippen molar-refractivity contribution in [1.82, 2.24) is 9.97 Å². The Labute approximate surface area is 102 Å². The molecule has 90 valence electrons. The van der Waals surface area contributed by atoms with Crippen molar-refractivity contribution in [2.75, 3.05) is 6.61 Å². The Hall–Kier alpha value is -0.830. The fourth-order valence-corrected chi connectivity index (χ4v) is 1.92. The van der Waals surface area contributed by atoms with Gasteiger partial charge in [0.05, 0.1) is 12.3 Å². The van der Waals surface area contributed by atoms with E-state index in [2.05, 4.69) is 23.8 Å². The summed E-state index contributed by atoms with van der Waals surface area (Å²) in [5.41, 5.74) is 0.964. The highest BCUT2D eigenvalue weighted by molar-refractivity contribution is 6.20. The predicted molar refractivity (Wildman–Crippen MR) is 66.2 cm³/mol. The van der Waals surface area contributed by atoms with Gasteiger partial charge in [-0.25, -0.2) is 9.97 Å². The molecule has 1 rings (SSSR count). The molecule has 0 aliphatic carbocycles. The van der Waals surface area contributed by atoms with E-state index in [9.17, 15) is 0 Å². The standard InChI is InChI=1S/C12H19ClN2O/c1-4-6-16-12-7-11(14-8-15-12)10(5-2)9(3)13/h7-10H,4-6H2,1-3H3. The minimum absolute atomic E-state index is 0.0684. The van der Waals surface area contributed by atoms with Gasteiger partial charge in [0.1, 0.15) is 6.33 Å². The number of rotatable bonds is 6. The number of halogens is 1. The van der Waals surface area contributed by atoms with Gasteiger partial charge < -0.3 is 4.74 Å². The van der Waals surface area contributed by atoms with Crippen LogP contribution in [0.2, 0.25) is 0 Å². The van der Waals surface area contributed by atoms with Crippen molar-refractivity contribution in [3.05, 3.63) is 18.1 Å². The minimum Gasteiger partial charge on any atom is -0.478 e. The van der Waals surface area contributed by atoms with Gasteiger partial charge in [-0.15, -0.1) is 11.6 Å². The third-order valence-electron chi connectivity index (χ3n) is 2.49. The quantitative estimate of drug-likeness (QED) is 0.718. The summed E-state index contributed by atoms with van der Waals surface area (Å²) in [6.45, 7) is 6.85. The Kier molecular flexibility index (Phi) is 5.53. The summed E-state index contributed by atoms with van der Waals surface area (Å²) in [7, 11) is 0. The zero-order chi connectivity index (χ0) is 12.0. The summed E-state index contributed by atoms with van der Waals surface area (Å²) >= 11 is 6.13. The molecule has 16 heavy (non-hydrogen) atoms. The van der Waals surface area contributed by atoms with Crippen LogP contribution in [0, 0.1) is 0 Å². The molecule has 0 aliphatic heterocycles. The molecular weight excluding hydrogens is 224 g/mol. The minimum atomic E-state index is 0.0684. The van der Waals surface area contributed by atoms with Crippen LogP contribution >= 0.6 is 11.6 Å². The van der Waals surface area contributed by atoms with Crippen LogP contribution in [-0.4, -0.2) is 22.0 Å². The Morgan fingerprint density at radius 1 is 1.38 bits per heavy atom. The van der Waals surface area contributed by atoms with Crippen LogP contribution in [0.1, 0.15) is 45.2 Å². The van der Waals surface area contributed by atoms with Gasteiger partial charge in [-0.05, 0) is 19.8 Å². The van der Waals surface area contributed by atoms with E-state index in [0.29, 0.717) is 12.5 Å². The number of ether oxygens (including phenoxy) is 1. The summed E-state index contributed by atoms with van der Waals surface area (Å²) in [4.78, 5) is 8.34. The maximum atomic E-state index is 6.13. The number of aromatic nitrogens is 2. The Bertz CT molecular complexity index is 318. The lowest BCUT2D eigenvalue weighted by Gasteiger charge is -2.16. The van der Waals surface area contributed by atoms with Gasteiger partial charge in [0.2, 0.25) is 5.88 Å². The summed E-state index contributed by atoms with van der Waals surface area (Å²) in [6.07, 6.45) is 3.49. The molecule has 1 heterocycles. The van der Waals surface area contributed by atoms with E-state index in [0.717, 1.165) is 18.5 Å². The van der Waals surface area contributed by atoms with Crippen LogP contribution in [0.3, 0.4) is 0 Å². The van der Waals surface area contributed by atoms with Crippen molar-refractivity contribution in [2.45, 2.75) is 44.9 Å². The van der Waals surface area contributed by atoms with Crippen molar-refractivity contribution in [3.8, 4) is 5.88 Å². The van der Waals surface area contributed by atoms with Crippen molar-refractivity contribution in [2.24, 2.45) is 0 Å². The van der Waals surface area contributed by atoms with Crippen LogP contribution in [0.5, 0.6) is 5.88 Å². The molecule has 1 aromatic heterocycles. The van der Waals surface area contributed by atoms with Crippen molar-refractivity contribution in [3.63, 3.8) is 0 Å². The SMILES string of the molecule is CCCOc1cc(C(CC)C(C)Cl)ncn1. The van der Waals surface area contributed by atoms with E-state index in [1.165, 1.54) is 0 Å². The molecule has 0 amide bonds. The predicted octanol–water partition coefficient (Wildman–Crippen LogP) is 3.39. The molecule has 0 fully saturated rings. The van der Waals surface area contributed by atoms with E-state index in [1.807, 2.05) is 13.0 Å². The number of alkyl halides is 1. The van der Waals surface area contributed by atoms with Gasteiger partial charge in [-0.1, -0.05) is 13.8 Å². The smallest absolute Gasteiger partial charge is 0.216 e. The zero-order valence-electron chi connectivity index (χ0n) is 10.1. The first-order valence-corrected chi connectivity index (χ1v) is 6.21. The average molecular weight is 243 g/mol. The van der Waals surface area contributed by atoms with Crippen LogP contribution in [0.15, 0.2) is 12.4 Å². The molecule has 0 saturated carbocycles. The molecule has 0 radical (unpaired) electrons. The third-order valence-corrected chi connectivity index (χ3v) is 2.80. The summed E-state index contributed by atoms with van der Waals surface area (Å²) in [5, 5.41) is 0.0684. The second-order valence-electron chi connectivity index (χ2n) is 3.82. The Morgan fingerprint density at radius 3 is 2.69 bits per heavy atom. The fraction of sp³-hybridized carbons (Fsp3) is 0.667. The molecule has 2 atom stereocenters. The molecule has 0 N–H and O–H groups in total. The van der Waals surface area contributed by atoms with Crippen LogP contribution in [0.4, 0.5) is 0 Å². The van der Waals surface area contributed by atoms with E-state index in [1.54, 1.807) is 6.33 Å². The van der Waals surface area contributed by atoms with Crippen LogP contribution in [0.25, 0.3) is 0 Å². The van der Waals surface area contributed by atoms with E-state index < -0.39 is 0 Å². The summed E-state index contributed by atoms with van der Waals surface area (Å²) in [6, 6.07) is 1.89. The van der Waals surface area contributed by atoms with Crippen LogP contribution in [-0.2, 0) is 0 Å². The zero-order valence-corrected chi connectivity index (χ0v) is 10.9. The van der Waals surface area contributed by atoms with Crippen molar-refractivity contribution >= 4 is 11.6 Å². The molecular formula is C12H19ClN2O. The maximum Gasteiger partial charge on any atom is 0.216 e. The lowest BCUT2D eigenvalue weighted by atomic mass is 9.99. The first-order valence-electron chi connectivity index (χ1n) is 5.77. The number of hydrogen-bond donors (Lipinski definition) is 0. The maximum absolute atomic E-state index is 6.13. The average Bonchev–Trinajstić information content (AvgIpc) is 2.27. The highest BCUT2D eigenvalue weighted by Gasteiger charge is 2.17. The summed E-state index contributed by atoms with van der Waals surface area (Å²) < 4.78 is 5.48. The van der Waals surface area contributed by atoms with E-state index >= 15 is 0 Å². The molecule has 0 spiro atoms. The number of hydrogen-bond acceptors (Lipinski definition) is 3. The second kappa shape index (κ2) is 6.69. The third kappa shape index (κ3) is 3.63. The molecule has 0 saturated heterocycles. The topological polar surface area (TPSA) is 35.0 Å². The first-order chi connectivity index (χ1) is 7.69. The fourth-order valence-electron chi connectivity index (χ4n) is 1.61. The van der Waals surface area contributed by atoms with Crippen LogP contribution < -0.4 is 4.74 Å². The van der Waals surface area contributed by atoms with Gasteiger partial charge in [0.25, 0.3) is 0 Å². The largest absolute Gasteiger partial charge is 0.478 e. The van der Waals surface area contributed by atoms with E-state index in [4.69, 9.17) is 16.3 Å². The lowest BCUT2D eigenvalue weighted by Crippen LogP contribution is -2.11. The highest BCUT2D eigenvalue weighted by Crippen LogP contribution is 2.26. The van der Waals surface area contributed by atoms with Gasteiger partial charge >= 0.3 is 0 Å².